The Kier molecular flexibility index (Phi) is 14.3. The summed E-state index contributed by atoms with van der Waals surface area (Å²) in [6.45, 7) is 29.6. The molecule has 6 aromatic rings. The van der Waals surface area contributed by atoms with Gasteiger partial charge in [-0.3, -0.25) is 9.78 Å². The van der Waals surface area contributed by atoms with Crippen molar-refractivity contribution in [1.82, 2.24) is 4.98 Å². The van der Waals surface area contributed by atoms with Gasteiger partial charge in [0.15, 0.2) is 5.78 Å². The van der Waals surface area contributed by atoms with Gasteiger partial charge in [0.25, 0.3) is 0 Å². The molecule has 0 unspecified atom stereocenters. The van der Waals surface area contributed by atoms with Crippen LogP contribution in [-0.2, 0) is 36.7 Å². The summed E-state index contributed by atoms with van der Waals surface area (Å²) < 4.78 is 12.5. The minimum absolute atomic E-state index is 0. The first-order valence-corrected chi connectivity index (χ1v) is 20.6. The van der Waals surface area contributed by atoms with E-state index >= 15 is 0 Å². The van der Waals surface area contributed by atoms with E-state index in [4.69, 9.17) is 13.8 Å². The van der Waals surface area contributed by atoms with Crippen LogP contribution in [0.25, 0.3) is 55.2 Å². The van der Waals surface area contributed by atoms with Gasteiger partial charge in [-0.05, 0) is 81.4 Å². The van der Waals surface area contributed by atoms with E-state index in [1.165, 1.54) is 28.0 Å². The smallest absolute Gasteiger partial charge is 0.220 e. The summed E-state index contributed by atoms with van der Waals surface area (Å²) in [7, 11) is 0. The first-order valence-electron chi connectivity index (χ1n) is 20.6. The van der Waals surface area contributed by atoms with Crippen molar-refractivity contribution >= 4 is 38.6 Å². The van der Waals surface area contributed by atoms with Crippen LogP contribution in [0.4, 0.5) is 0 Å². The van der Waals surface area contributed by atoms with E-state index in [0.29, 0.717) is 11.6 Å². The molecule has 307 valence electrons. The topological polar surface area (TPSA) is 76.5 Å². The van der Waals surface area contributed by atoms with Gasteiger partial charge >= 0.3 is 0 Å². The van der Waals surface area contributed by atoms with Gasteiger partial charge in [0, 0.05) is 64.6 Å². The van der Waals surface area contributed by atoms with Gasteiger partial charge in [-0.15, -0.1) is 29.1 Å². The summed E-state index contributed by atoms with van der Waals surface area (Å²) >= 11 is 0. The van der Waals surface area contributed by atoms with Crippen molar-refractivity contribution in [2.24, 2.45) is 16.7 Å². The fraction of sp³-hybridized carbons (Fsp3) is 0.451. The van der Waals surface area contributed by atoms with Crippen LogP contribution in [0.15, 0.2) is 75.3 Å². The molecule has 3 heterocycles. The van der Waals surface area contributed by atoms with Crippen molar-refractivity contribution in [2.75, 3.05) is 0 Å². The number of pyridine rings is 1. The van der Waals surface area contributed by atoms with E-state index in [2.05, 4.69) is 109 Å². The molecule has 6 rings (SSSR count). The van der Waals surface area contributed by atoms with E-state index in [-0.39, 0.29) is 47.9 Å². The molecule has 0 aliphatic rings. The second-order valence-corrected chi connectivity index (χ2v) is 17.8. The molecule has 0 amide bonds. The minimum Gasteiger partial charge on any atom is -0.512 e. The Hall–Kier alpha value is -3.99. The molecular weight excluding hydrogens is 883 g/mol. The number of allylic oxidation sites excluding steroid dienone is 2. The molecular formula is C51H64IrNO4-. The Morgan fingerprint density at radius 1 is 0.825 bits per heavy atom. The molecule has 0 saturated carbocycles. The van der Waals surface area contributed by atoms with Crippen LogP contribution in [0.1, 0.15) is 130 Å². The van der Waals surface area contributed by atoms with Crippen molar-refractivity contribution in [3.8, 4) is 22.4 Å². The summed E-state index contributed by atoms with van der Waals surface area (Å²) in [6.07, 6.45) is 5.76. The molecule has 0 fully saturated rings. The molecule has 1 radical (unpaired) electrons. The molecule has 6 heteroatoms. The number of furan rings is 2. The second kappa shape index (κ2) is 17.9. The van der Waals surface area contributed by atoms with Crippen LogP contribution in [0.2, 0.25) is 0 Å². The quantitative estimate of drug-likeness (QED) is 0.0795. The monoisotopic (exact) mass is 947 g/mol. The molecule has 0 aliphatic heterocycles. The number of carbonyl (C=O) groups excluding carboxylic acids is 1. The van der Waals surface area contributed by atoms with E-state index in [9.17, 15) is 9.90 Å². The van der Waals surface area contributed by atoms with E-state index in [1.54, 1.807) is 0 Å². The first-order chi connectivity index (χ1) is 26.3. The maximum absolute atomic E-state index is 12.2. The largest absolute Gasteiger partial charge is 0.512 e. The van der Waals surface area contributed by atoms with Crippen molar-refractivity contribution in [2.45, 2.75) is 134 Å². The zero-order valence-electron chi connectivity index (χ0n) is 36.8. The standard InChI is InChI=1S/C36H36NO2.C15H28O2.Ir/c1-20(2)15-29-23(5)38-33-18-25(13-14-28(29)33)30-19-32(37-35-34(30)21(3)22(4)39-35)26-16-24-11-9-10-12-27(24)31(17-26)36(6,7)8;1-7-14(5,8-2)12(16)11-13(17)15(6,9-3)10-4;/h9-14,17-20H,15H2,1-8H3;11,16H,7-10H2,1-6H3;/q-1;;/b;12-11-;. The number of aryl methyl sites for hydroxylation is 3. The van der Waals surface area contributed by atoms with Gasteiger partial charge in [-0.25, -0.2) is 0 Å². The Labute approximate surface area is 355 Å². The number of carbonyl (C=O) groups is 1. The van der Waals surface area contributed by atoms with E-state index in [0.717, 1.165) is 87.9 Å². The molecule has 5 nitrogen and oxygen atoms in total. The summed E-state index contributed by atoms with van der Waals surface area (Å²) in [4.78, 5) is 17.2. The van der Waals surface area contributed by atoms with Crippen molar-refractivity contribution in [3.05, 3.63) is 101 Å². The van der Waals surface area contributed by atoms with Crippen LogP contribution in [-0.4, -0.2) is 15.9 Å². The number of benzene rings is 3. The predicted octanol–water partition coefficient (Wildman–Crippen LogP) is 14.9. The summed E-state index contributed by atoms with van der Waals surface area (Å²) in [5.74, 6) is 2.75. The van der Waals surface area contributed by atoms with Crippen LogP contribution in [0.5, 0.6) is 0 Å². The average Bonchev–Trinajstić information content (AvgIpc) is 3.64. The number of fused-ring (bicyclic) bond motifs is 3. The normalized spacial score (nSPS) is 12.6. The molecule has 0 spiro atoms. The van der Waals surface area contributed by atoms with Gasteiger partial charge in [0.05, 0.1) is 0 Å². The number of rotatable bonds is 11. The number of hydrogen-bond donors (Lipinski definition) is 1. The minimum atomic E-state index is -0.337. The molecule has 1 N–H and O–H groups in total. The Balaban J connectivity index is 0.000000341. The summed E-state index contributed by atoms with van der Waals surface area (Å²) in [5.41, 5.74) is 8.71. The SMILES string of the molecule is CCC(C)(CC)C(=O)/C=C(\O)C(C)(CC)CC.Cc1oc2cc(-c3cc(-c4[c-]c5ccccc5c(C(C)(C)C)c4)nc4oc(C)c(C)c34)ccc2c1CC(C)C.[Ir]. The van der Waals surface area contributed by atoms with Crippen LogP contribution < -0.4 is 0 Å². The van der Waals surface area contributed by atoms with Crippen molar-refractivity contribution in [1.29, 1.82) is 0 Å². The Morgan fingerprint density at radius 2 is 1.46 bits per heavy atom. The molecule has 0 aliphatic carbocycles. The number of nitrogens with zero attached hydrogens (tertiary/aromatic N) is 1. The van der Waals surface area contributed by atoms with Crippen LogP contribution in [0, 0.1) is 43.6 Å². The zero-order valence-corrected chi connectivity index (χ0v) is 39.2. The van der Waals surface area contributed by atoms with Gasteiger partial charge in [-0.2, -0.15) is 0 Å². The van der Waals surface area contributed by atoms with Gasteiger partial charge < -0.3 is 13.9 Å². The number of aliphatic hydroxyl groups is 1. The number of aliphatic hydroxyl groups excluding tert-OH is 1. The third-order valence-corrected chi connectivity index (χ3v) is 12.5. The van der Waals surface area contributed by atoms with Gasteiger partial charge in [-0.1, -0.05) is 124 Å². The second-order valence-electron chi connectivity index (χ2n) is 17.8. The molecule has 57 heavy (non-hydrogen) atoms. The maximum Gasteiger partial charge on any atom is 0.220 e. The fourth-order valence-corrected chi connectivity index (χ4v) is 7.49. The number of ketones is 1. The number of hydrogen-bond acceptors (Lipinski definition) is 5. The third kappa shape index (κ3) is 9.34. The third-order valence-electron chi connectivity index (χ3n) is 12.5. The van der Waals surface area contributed by atoms with Gasteiger partial charge in [0.2, 0.25) is 5.71 Å². The van der Waals surface area contributed by atoms with Gasteiger partial charge in [0.1, 0.15) is 22.9 Å². The zero-order chi connectivity index (χ0) is 41.3. The Morgan fingerprint density at radius 3 is 2.05 bits per heavy atom. The summed E-state index contributed by atoms with van der Waals surface area (Å²) in [5, 5.41) is 14.7. The number of aromatic nitrogens is 1. The Bertz CT molecular complexity index is 2390. The van der Waals surface area contributed by atoms with Crippen LogP contribution in [0.3, 0.4) is 0 Å². The average molecular weight is 947 g/mol. The van der Waals surface area contributed by atoms with Crippen molar-refractivity contribution in [3.63, 3.8) is 0 Å². The van der Waals surface area contributed by atoms with E-state index in [1.807, 2.05) is 48.5 Å². The predicted molar refractivity (Wildman–Crippen MR) is 236 cm³/mol. The fourth-order valence-electron chi connectivity index (χ4n) is 7.49. The first kappa shape index (κ1) is 45.7. The molecule has 3 aromatic carbocycles. The molecule has 0 saturated heterocycles. The molecule has 0 atom stereocenters. The molecule has 0 bridgehead atoms. The molecule has 3 aromatic heterocycles. The van der Waals surface area contributed by atoms with E-state index < -0.39 is 0 Å². The van der Waals surface area contributed by atoms with Crippen LogP contribution >= 0.6 is 0 Å². The maximum atomic E-state index is 12.2. The van der Waals surface area contributed by atoms with Crippen molar-refractivity contribution < 1.29 is 38.8 Å². The summed E-state index contributed by atoms with van der Waals surface area (Å²) in [6, 6.07) is 23.2.